The van der Waals surface area contributed by atoms with Crippen LogP contribution in [0.2, 0.25) is 0 Å². The van der Waals surface area contributed by atoms with Crippen LogP contribution in [0.4, 0.5) is 17.1 Å². The standard InChI is InChI=1S/C15H16N2O3/c1-11-3-5-13(6-4-11)16(2)14-7-8-15(17(19)20)12(9-14)10-18/h3-9,18H,10H2,1-2H3. The third-order valence-corrected chi connectivity index (χ3v) is 3.24. The molecule has 0 saturated heterocycles. The van der Waals surface area contributed by atoms with Crippen LogP contribution >= 0.6 is 0 Å². The van der Waals surface area contributed by atoms with E-state index in [4.69, 9.17) is 0 Å². The van der Waals surface area contributed by atoms with Gasteiger partial charge in [-0.1, -0.05) is 17.7 Å². The average molecular weight is 272 g/mol. The van der Waals surface area contributed by atoms with Crippen LogP contribution in [0.25, 0.3) is 0 Å². The molecule has 0 aliphatic heterocycles. The van der Waals surface area contributed by atoms with Crippen LogP contribution in [0.15, 0.2) is 42.5 Å². The molecule has 2 rings (SSSR count). The third-order valence-electron chi connectivity index (χ3n) is 3.24. The molecule has 0 aliphatic rings. The van der Waals surface area contributed by atoms with Crippen molar-refractivity contribution in [2.45, 2.75) is 13.5 Å². The lowest BCUT2D eigenvalue weighted by atomic mass is 10.1. The lowest BCUT2D eigenvalue weighted by molar-refractivity contribution is -0.385. The smallest absolute Gasteiger partial charge is 0.275 e. The van der Waals surface area contributed by atoms with E-state index in [1.165, 1.54) is 11.6 Å². The molecule has 0 saturated carbocycles. The second-order valence-corrected chi connectivity index (χ2v) is 4.62. The van der Waals surface area contributed by atoms with Crippen molar-refractivity contribution in [2.75, 3.05) is 11.9 Å². The van der Waals surface area contributed by atoms with E-state index in [2.05, 4.69) is 0 Å². The maximum Gasteiger partial charge on any atom is 0.275 e. The minimum atomic E-state index is -0.485. The van der Waals surface area contributed by atoms with Gasteiger partial charge in [-0.2, -0.15) is 0 Å². The molecule has 20 heavy (non-hydrogen) atoms. The van der Waals surface area contributed by atoms with Crippen molar-refractivity contribution in [3.8, 4) is 0 Å². The van der Waals surface area contributed by atoms with E-state index >= 15 is 0 Å². The molecule has 104 valence electrons. The van der Waals surface area contributed by atoms with Crippen molar-refractivity contribution >= 4 is 17.1 Å². The highest BCUT2D eigenvalue weighted by atomic mass is 16.6. The molecule has 0 unspecified atom stereocenters. The summed E-state index contributed by atoms with van der Waals surface area (Å²) in [7, 11) is 1.88. The van der Waals surface area contributed by atoms with Crippen LogP contribution < -0.4 is 4.90 Å². The summed E-state index contributed by atoms with van der Waals surface area (Å²) >= 11 is 0. The molecule has 0 amide bonds. The van der Waals surface area contributed by atoms with E-state index in [0.29, 0.717) is 5.56 Å². The molecule has 1 N–H and O–H groups in total. The SMILES string of the molecule is Cc1ccc(N(C)c2ccc([N+](=O)[O-])c(CO)c2)cc1. The monoisotopic (exact) mass is 272 g/mol. The van der Waals surface area contributed by atoms with Gasteiger partial charge in [0.25, 0.3) is 5.69 Å². The van der Waals surface area contributed by atoms with E-state index in [1.807, 2.05) is 43.1 Å². The van der Waals surface area contributed by atoms with Gasteiger partial charge in [0, 0.05) is 24.5 Å². The predicted molar refractivity (Wildman–Crippen MR) is 78.3 cm³/mol. The first-order chi connectivity index (χ1) is 9.52. The number of anilines is 2. The fraction of sp³-hybridized carbons (Fsp3) is 0.200. The summed E-state index contributed by atoms with van der Waals surface area (Å²) in [6.45, 7) is 1.66. The van der Waals surface area contributed by atoms with Crippen molar-refractivity contribution in [1.82, 2.24) is 0 Å². The second-order valence-electron chi connectivity index (χ2n) is 4.62. The minimum Gasteiger partial charge on any atom is -0.391 e. The molecule has 0 aliphatic carbocycles. The maximum atomic E-state index is 10.9. The Labute approximate surface area is 117 Å². The Hall–Kier alpha value is -2.40. The molecule has 0 fully saturated rings. The Balaban J connectivity index is 2.37. The summed E-state index contributed by atoms with van der Waals surface area (Å²) in [4.78, 5) is 12.3. The minimum absolute atomic E-state index is 0.0615. The van der Waals surface area contributed by atoms with Gasteiger partial charge in [0.05, 0.1) is 17.1 Å². The number of aryl methyl sites for hydroxylation is 1. The van der Waals surface area contributed by atoms with Gasteiger partial charge in [0.15, 0.2) is 0 Å². The molecule has 0 aromatic heterocycles. The topological polar surface area (TPSA) is 66.6 Å². The van der Waals surface area contributed by atoms with Crippen molar-refractivity contribution in [3.63, 3.8) is 0 Å². The number of nitro groups is 1. The van der Waals surface area contributed by atoms with E-state index < -0.39 is 4.92 Å². The van der Waals surface area contributed by atoms with Gasteiger partial charge in [-0.15, -0.1) is 0 Å². The Morgan fingerprint density at radius 1 is 1.15 bits per heavy atom. The first-order valence-electron chi connectivity index (χ1n) is 6.21. The van der Waals surface area contributed by atoms with Crippen molar-refractivity contribution in [3.05, 3.63) is 63.7 Å². The van der Waals surface area contributed by atoms with Gasteiger partial charge < -0.3 is 10.0 Å². The van der Waals surface area contributed by atoms with Crippen LogP contribution in [0, 0.1) is 17.0 Å². The maximum absolute atomic E-state index is 10.9. The zero-order valence-electron chi connectivity index (χ0n) is 11.4. The first kappa shape index (κ1) is 14.0. The number of benzene rings is 2. The Bertz CT molecular complexity index is 624. The Morgan fingerprint density at radius 3 is 2.30 bits per heavy atom. The normalized spacial score (nSPS) is 10.3. The molecule has 0 atom stereocenters. The van der Waals surface area contributed by atoms with E-state index in [-0.39, 0.29) is 12.3 Å². The van der Waals surface area contributed by atoms with E-state index in [1.54, 1.807) is 12.1 Å². The third kappa shape index (κ3) is 2.78. The van der Waals surface area contributed by atoms with Crippen LogP contribution in [0.1, 0.15) is 11.1 Å². The van der Waals surface area contributed by atoms with Crippen LogP contribution in [0.5, 0.6) is 0 Å². The lowest BCUT2D eigenvalue weighted by Gasteiger charge is -2.20. The zero-order valence-corrected chi connectivity index (χ0v) is 11.4. The summed E-state index contributed by atoms with van der Waals surface area (Å²) < 4.78 is 0. The summed E-state index contributed by atoms with van der Waals surface area (Å²) in [5.41, 5.74) is 3.19. The molecule has 0 heterocycles. The number of aliphatic hydroxyl groups excluding tert-OH is 1. The number of nitro benzene ring substituents is 1. The number of aliphatic hydroxyl groups is 1. The van der Waals surface area contributed by atoms with Crippen molar-refractivity contribution in [2.24, 2.45) is 0 Å². The van der Waals surface area contributed by atoms with Gasteiger partial charge in [0.1, 0.15) is 0 Å². The first-order valence-corrected chi connectivity index (χ1v) is 6.21. The van der Waals surface area contributed by atoms with Crippen LogP contribution in [-0.2, 0) is 6.61 Å². The molecule has 0 bridgehead atoms. The highest BCUT2D eigenvalue weighted by Crippen LogP contribution is 2.28. The second kappa shape index (κ2) is 5.71. The molecule has 5 nitrogen and oxygen atoms in total. The summed E-state index contributed by atoms with van der Waals surface area (Å²) in [6.07, 6.45) is 0. The van der Waals surface area contributed by atoms with Gasteiger partial charge in [-0.3, -0.25) is 10.1 Å². The van der Waals surface area contributed by atoms with Gasteiger partial charge >= 0.3 is 0 Å². The fourth-order valence-electron chi connectivity index (χ4n) is 2.00. The van der Waals surface area contributed by atoms with Gasteiger partial charge in [-0.25, -0.2) is 0 Å². The zero-order chi connectivity index (χ0) is 14.7. The Kier molecular flexibility index (Phi) is 4.00. The van der Waals surface area contributed by atoms with Gasteiger partial charge in [0.2, 0.25) is 0 Å². The number of nitrogens with zero attached hydrogens (tertiary/aromatic N) is 2. The number of hydrogen-bond donors (Lipinski definition) is 1. The van der Waals surface area contributed by atoms with Crippen molar-refractivity contribution in [1.29, 1.82) is 0 Å². The lowest BCUT2D eigenvalue weighted by Crippen LogP contribution is -2.10. The quantitative estimate of drug-likeness (QED) is 0.685. The number of hydrogen-bond acceptors (Lipinski definition) is 4. The predicted octanol–water partition coefficient (Wildman–Crippen LogP) is 3.16. The summed E-state index contributed by atoms with van der Waals surface area (Å²) in [5.74, 6) is 0. The van der Waals surface area contributed by atoms with E-state index in [9.17, 15) is 15.2 Å². The molecular weight excluding hydrogens is 256 g/mol. The molecule has 5 heteroatoms. The van der Waals surface area contributed by atoms with Crippen LogP contribution in [-0.4, -0.2) is 17.1 Å². The molecule has 2 aromatic rings. The Morgan fingerprint density at radius 2 is 1.75 bits per heavy atom. The molecule has 2 aromatic carbocycles. The van der Waals surface area contributed by atoms with E-state index in [0.717, 1.165) is 11.4 Å². The highest BCUT2D eigenvalue weighted by Gasteiger charge is 2.15. The summed E-state index contributed by atoms with van der Waals surface area (Å²) in [5, 5.41) is 20.1. The molecule has 0 radical (unpaired) electrons. The summed E-state index contributed by atoms with van der Waals surface area (Å²) in [6, 6.07) is 12.7. The number of rotatable bonds is 4. The van der Waals surface area contributed by atoms with Gasteiger partial charge in [-0.05, 0) is 31.2 Å². The molecule has 0 spiro atoms. The average Bonchev–Trinajstić information content (AvgIpc) is 2.46. The molecular formula is C15H16N2O3. The van der Waals surface area contributed by atoms with Crippen molar-refractivity contribution < 1.29 is 10.0 Å². The fourth-order valence-corrected chi connectivity index (χ4v) is 2.00. The highest BCUT2D eigenvalue weighted by molar-refractivity contribution is 5.65. The van der Waals surface area contributed by atoms with Crippen LogP contribution in [0.3, 0.4) is 0 Å². The largest absolute Gasteiger partial charge is 0.391 e.